The molecule has 131 heavy (non-hydrogen) atoms. The molecule has 0 bridgehead atoms. The Balaban J connectivity index is 0.000000400. The van der Waals surface area contributed by atoms with Crippen molar-refractivity contribution in [3.05, 3.63) is 358 Å². The van der Waals surface area contributed by atoms with Gasteiger partial charge in [0.25, 0.3) is 0 Å². The molecule has 0 saturated carbocycles. The molecule has 0 aliphatic carbocycles. The Kier molecular flexibility index (Phi) is 49.6. The SMILES string of the molecule is CC(=O)C=C(C)O.CC(=O)C=C(C)O.CC(=O)C=C(C)O.CC(C)CC(=O)C=C(O)CC(C)C.CC(C)Cc1cc(-c2[c-]cccc2)nc2ccc(F)cc12.Cc1[c-]c(-c2ccc3c(CC(C)C)cccc3n2)cc(C)c1.Cc1c[c-]c(-c2cc(-c3ccc(C)cc3)c3cc(C)ccc3n2)cc1.Cc1ccc(-c2cc(-c3[c-]ccc(C)c3)nc3ccc(C)cc23)cc1.[Ir].[Ir].[Ir].[Ir]. The summed E-state index contributed by atoms with van der Waals surface area (Å²) in [6.45, 7) is 42.3. The van der Waals surface area contributed by atoms with Crippen molar-refractivity contribution in [1.82, 2.24) is 19.9 Å². The second-order valence-corrected chi connectivity index (χ2v) is 34.2. The molecule has 4 N–H and O–H groups in total. The number of allylic oxidation sites excluding steroid dienone is 8. The molecule has 17 heteroatoms. The summed E-state index contributed by atoms with van der Waals surface area (Å²) >= 11 is 0. The van der Waals surface area contributed by atoms with Crippen molar-refractivity contribution < 1.29 is 124 Å². The summed E-state index contributed by atoms with van der Waals surface area (Å²) in [5.74, 6) is 1.73. The van der Waals surface area contributed by atoms with Crippen molar-refractivity contribution in [2.24, 2.45) is 23.7 Å². The van der Waals surface area contributed by atoms with Crippen molar-refractivity contribution in [3.8, 4) is 67.3 Å². The van der Waals surface area contributed by atoms with Crippen molar-refractivity contribution in [2.75, 3.05) is 0 Å². The first-order valence-electron chi connectivity index (χ1n) is 43.1. The number of ketones is 4. The molecule has 4 aromatic heterocycles. The number of benzene rings is 10. The van der Waals surface area contributed by atoms with Crippen LogP contribution in [0.25, 0.3) is 111 Å². The Morgan fingerprint density at radius 2 is 0.779 bits per heavy atom. The van der Waals surface area contributed by atoms with Crippen LogP contribution < -0.4 is 0 Å². The van der Waals surface area contributed by atoms with E-state index in [1.165, 1.54) is 155 Å². The summed E-state index contributed by atoms with van der Waals surface area (Å²) in [5, 5.41) is 39.0. The molecule has 694 valence electrons. The number of carbonyl (C=O) groups is 4. The summed E-state index contributed by atoms with van der Waals surface area (Å²) in [5.41, 5.74) is 29.2. The Morgan fingerprint density at radius 1 is 0.344 bits per heavy atom. The molecule has 10 aromatic carbocycles. The van der Waals surface area contributed by atoms with E-state index in [4.69, 9.17) is 30.3 Å². The Hall–Kier alpha value is -10.8. The van der Waals surface area contributed by atoms with Gasteiger partial charge in [0, 0.05) is 139 Å². The molecule has 0 unspecified atom stereocenters. The molecule has 0 atom stereocenters. The fourth-order valence-corrected chi connectivity index (χ4v) is 13.9. The smallest absolute Gasteiger partial charge is 0.159 e. The number of aliphatic hydroxyl groups excluding tert-OH is 4. The van der Waals surface area contributed by atoms with Gasteiger partial charge in [-0.1, -0.05) is 208 Å². The van der Waals surface area contributed by atoms with Gasteiger partial charge in [0.15, 0.2) is 23.1 Å². The van der Waals surface area contributed by atoms with E-state index >= 15 is 0 Å². The molecule has 0 saturated heterocycles. The number of carbonyl (C=O) groups excluding carboxylic acids is 4. The molecular weight excluding hydrogens is 2340 g/mol. The fourth-order valence-electron chi connectivity index (χ4n) is 13.9. The van der Waals surface area contributed by atoms with Crippen molar-refractivity contribution >= 4 is 66.7 Å². The number of hydrogen-bond acceptors (Lipinski definition) is 12. The number of fused-ring (bicyclic) bond motifs is 4. The van der Waals surface area contributed by atoms with Gasteiger partial charge in [-0.3, -0.25) is 39.1 Å². The predicted octanol–water partition coefficient (Wildman–Crippen LogP) is 29.3. The average Bonchev–Trinajstić information content (AvgIpc) is 0.780. The number of pyridine rings is 4. The molecule has 4 heterocycles. The van der Waals surface area contributed by atoms with Gasteiger partial charge in [0.05, 0.1) is 45.1 Å². The van der Waals surface area contributed by atoms with Crippen LogP contribution in [0, 0.1) is 109 Å². The van der Waals surface area contributed by atoms with Crippen LogP contribution in [0.2, 0.25) is 0 Å². The summed E-state index contributed by atoms with van der Waals surface area (Å²) < 4.78 is 13.5. The van der Waals surface area contributed by atoms with Crippen LogP contribution >= 0.6 is 0 Å². The first-order chi connectivity index (χ1) is 60.1. The maximum atomic E-state index is 13.5. The molecule has 0 aliphatic heterocycles. The van der Waals surface area contributed by atoms with Crippen LogP contribution in [-0.4, -0.2) is 63.5 Å². The third-order valence-electron chi connectivity index (χ3n) is 19.3. The summed E-state index contributed by atoms with van der Waals surface area (Å²) in [7, 11) is 0. The number of nitrogens with zero attached hydrogens (tertiary/aromatic N) is 4. The second kappa shape index (κ2) is 56.8. The van der Waals surface area contributed by atoms with Crippen LogP contribution in [0.4, 0.5) is 4.39 Å². The summed E-state index contributed by atoms with van der Waals surface area (Å²) in [6, 6.07) is 90.1. The maximum absolute atomic E-state index is 13.5. The number of aryl methyl sites for hydroxylation is 8. The minimum Gasteiger partial charge on any atom is -0.512 e. The van der Waals surface area contributed by atoms with Gasteiger partial charge in [-0.05, 0) is 210 Å². The van der Waals surface area contributed by atoms with E-state index in [1.54, 1.807) is 12.1 Å². The Bertz CT molecular complexity index is 6120. The molecule has 0 fully saturated rings. The van der Waals surface area contributed by atoms with E-state index in [9.17, 15) is 28.7 Å². The molecule has 4 radical (unpaired) electrons. The van der Waals surface area contributed by atoms with E-state index in [0.717, 1.165) is 96.5 Å². The van der Waals surface area contributed by atoms with Gasteiger partial charge in [0.2, 0.25) is 0 Å². The topological polar surface area (TPSA) is 201 Å². The number of rotatable bonds is 18. The zero-order valence-corrected chi connectivity index (χ0v) is 88.8. The van der Waals surface area contributed by atoms with Crippen LogP contribution in [0.3, 0.4) is 0 Å². The minimum atomic E-state index is -0.215. The molecular formula is C114H123FIr4N4O8-4. The normalized spacial score (nSPS) is 11.0. The zero-order chi connectivity index (χ0) is 93.3. The van der Waals surface area contributed by atoms with Gasteiger partial charge >= 0.3 is 0 Å². The molecule has 0 amide bonds. The quantitative estimate of drug-likeness (QED) is 0.0360. The van der Waals surface area contributed by atoms with Crippen molar-refractivity contribution in [2.45, 2.75) is 178 Å². The largest absolute Gasteiger partial charge is 0.512 e. The Morgan fingerprint density at radius 3 is 1.23 bits per heavy atom. The predicted molar refractivity (Wildman–Crippen MR) is 526 cm³/mol. The van der Waals surface area contributed by atoms with Crippen molar-refractivity contribution in [3.63, 3.8) is 0 Å². The number of halogens is 1. The average molecular weight is 2470 g/mol. The maximum Gasteiger partial charge on any atom is 0.159 e. The van der Waals surface area contributed by atoms with Gasteiger partial charge < -0.3 is 20.4 Å². The van der Waals surface area contributed by atoms with E-state index in [-0.39, 0.29) is 132 Å². The van der Waals surface area contributed by atoms with Crippen molar-refractivity contribution in [1.29, 1.82) is 0 Å². The molecule has 12 nitrogen and oxygen atoms in total. The van der Waals surface area contributed by atoms with E-state index in [2.05, 4.69) is 282 Å². The monoisotopic (exact) mass is 2470 g/mol. The molecule has 14 rings (SSSR count). The van der Waals surface area contributed by atoms with Crippen LogP contribution in [0.1, 0.15) is 165 Å². The third kappa shape index (κ3) is 39.7. The fraction of sp³-hybridized carbons (Fsp3) is 0.263. The number of hydrogen-bond donors (Lipinski definition) is 4. The van der Waals surface area contributed by atoms with E-state index in [1.807, 2.05) is 64.1 Å². The second-order valence-electron chi connectivity index (χ2n) is 34.2. The minimum absolute atomic E-state index is 0. The molecule has 0 spiro atoms. The van der Waals surface area contributed by atoms with Crippen LogP contribution in [0.15, 0.2) is 272 Å². The van der Waals surface area contributed by atoms with Gasteiger partial charge in [-0.25, -0.2) is 4.39 Å². The summed E-state index contributed by atoms with van der Waals surface area (Å²) in [4.78, 5) is 60.6. The molecule has 14 aromatic rings. The van der Waals surface area contributed by atoms with Gasteiger partial charge in [0.1, 0.15) is 5.82 Å². The zero-order valence-electron chi connectivity index (χ0n) is 79.2. The third-order valence-corrected chi connectivity index (χ3v) is 19.3. The standard InChI is InChI=1S/2C24H20N.C21H22N.C19H17FN.C11H20O2.3C5H8O2.4Ir/c1-16-4-9-19(10-5-16)21-15-24(20-11-6-17(2)7-12-20)25-23-13-8-18(3)14-22(21)23;1-16-7-10-19(11-8-16)21-15-24(20-6-4-5-17(2)13-20)25-23-12-9-18(3)14-22(21)23;1-14(2)10-17-6-5-7-21-19(17)8-9-20(22-21)18-12-15(3)11-16(4)13-18;1-13(2)10-15-11-19(14-6-4-3-5-7-14)21-18-9-8-16(20)12-17(15)18;1-8(2)5-10(12)7-11(13)6-9(3)4;3*1-4(6)3-5(2)7;;;;/h4-11,13-15H,1-3H3;4-5,7-15H,1-3H3;5-9,11-12,14H,10H2,1-4H3;3-6,8-9,11-13H,10H2,1-2H3;7-9,12H,5-6H2,1-4H3;3*3,6H,1-2H3;;;;/q4*-1;;;;;;;;. The van der Waals surface area contributed by atoms with Gasteiger partial charge in [-0.15, -0.1) is 142 Å². The Labute approximate surface area is 830 Å². The first kappa shape index (κ1) is 114. The van der Waals surface area contributed by atoms with Crippen LogP contribution in [0.5, 0.6) is 0 Å². The number of aliphatic hydroxyl groups is 4. The van der Waals surface area contributed by atoms with Gasteiger partial charge in [-0.2, -0.15) is 0 Å². The number of aromatic nitrogens is 4. The van der Waals surface area contributed by atoms with E-state index in [0.29, 0.717) is 36.5 Å². The first-order valence-corrected chi connectivity index (χ1v) is 43.1. The summed E-state index contributed by atoms with van der Waals surface area (Å²) in [6.07, 6.45) is 7.96. The van der Waals surface area contributed by atoms with E-state index < -0.39 is 0 Å². The molecule has 0 aliphatic rings. The van der Waals surface area contributed by atoms with Crippen LogP contribution in [-0.2, 0) is 112 Å².